The van der Waals surface area contributed by atoms with Crippen LogP contribution >= 0.6 is 0 Å². The van der Waals surface area contributed by atoms with E-state index in [1.807, 2.05) is 69.3 Å². The molecule has 6 nitrogen and oxygen atoms in total. The molecule has 0 bridgehead atoms. The number of amides is 1. The molecular weight excluding hydrogens is 390 g/mol. The number of aryl methyl sites for hydroxylation is 1. The average Bonchev–Trinajstić information content (AvgIpc) is 3.08. The Kier molecular flexibility index (Phi) is 6.59. The van der Waals surface area contributed by atoms with Crippen LogP contribution in [0.5, 0.6) is 5.88 Å². The molecule has 0 fully saturated rings. The third kappa shape index (κ3) is 5.02. The van der Waals surface area contributed by atoms with E-state index in [2.05, 4.69) is 19.2 Å². The van der Waals surface area contributed by atoms with Gasteiger partial charge in [0.15, 0.2) is 0 Å². The Hall–Kier alpha value is -3.41. The normalized spacial score (nSPS) is 11.1. The quantitative estimate of drug-likeness (QED) is 0.536. The maximum absolute atomic E-state index is 12.0. The number of carbonyl (C=O) groups excluding carboxylic acids is 2. The fourth-order valence-electron chi connectivity index (χ4n) is 3.19. The number of nitrogens with zero attached hydrogens (tertiary/aromatic N) is 2. The Bertz CT molecular complexity index is 1080. The van der Waals surface area contributed by atoms with E-state index in [0.717, 1.165) is 28.1 Å². The van der Waals surface area contributed by atoms with Gasteiger partial charge in [-0.05, 0) is 42.7 Å². The van der Waals surface area contributed by atoms with Crippen molar-refractivity contribution in [1.82, 2.24) is 9.78 Å². The first-order valence-corrected chi connectivity index (χ1v) is 10.5. The van der Waals surface area contributed by atoms with Crippen LogP contribution in [0.1, 0.15) is 51.8 Å². The van der Waals surface area contributed by atoms with Crippen LogP contribution in [0, 0.1) is 12.8 Å². The van der Waals surface area contributed by atoms with Gasteiger partial charge in [-0.1, -0.05) is 57.5 Å². The summed E-state index contributed by atoms with van der Waals surface area (Å²) in [6, 6.07) is 15.4. The molecule has 31 heavy (non-hydrogen) atoms. The number of carbonyl (C=O) groups is 2. The molecule has 0 aliphatic heterocycles. The number of rotatable bonds is 6. The van der Waals surface area contributed by atoms with Gasteiger partial charge in [0.25, 0.3) is 0 Å². The highest BCUT2D eigenvalue weighted by molar-refractivity contribution is 5.92. The van der Waals surface area contributed by atoms with E-state index in [-0.39, 0.29) is 17.7 Å². The number of anilines is 1. The second-order valence-corrected chi connectivity index (χ2v) is 8.28. The van der Waals surface area contributed by atoms with Gasteiger partial charge in [0.1, 0.15) is 0 Å². The minimum absolute atomic E-state index is 0.0385. The van der Waals surface area contributed by atoms with E-state index < -0.39 is 5.97 Å². The predicted molar refractivity (Wildman–Crippen MR) is 123 cm³/mol. The van der Waals surface area contributed by atoms with Crippen molar-refractivity contribution >= 4 is 17.6 Å². The highest BCUT2D eigenvalue weighted by Crippen LogP contribution is 2.39. The molecule has 3 rings (SSSR count). The summed E-state index contributed by atoms with van der Waals surface area (Å²) in [6.07, 6.45) is 0. The van der Waals surface area contributed by atoms with Crippen LogP contribution < -0.4 is 10.1 Å². The van der Waals surface area contributed by atoms with Gasteiger partial charge in [0, 0.05) is 18.5 Å². The summed E-state index contributed by atoms with van der Waals surface area (Å²) in [7, 11) is 0. The van der Waals surface area contributed by atoms with Crippen LogP contribution in [0.25, 0.3) is 16.8 Å². The molecule has 1 aromatic heterocycles. The van der Waals surface area contributed by atoms with Crippen molar-refractivity contribution in [1.29, 1.82) is 0 Å². The molecule has 0 radical (unpaired) electrons. The fraction of sp³-hybridized carbons (Fsp3) is 0.320. The zero-order valence-corrected chi connectivity index (χ0v) is 18.9. The molecule has 0 aliphatic rings. The third-order valence-electron chi connectivity index (χ3n) is 4.90. The summed E-state index contributed by atoms with van der Waals surface area (Å²) >= 11 is 0. The first kappa shape index (κ1) is 22.3. The molecule has 2 aromatic carbocycles. The molecule has 0 aliphatic carbocycles. The second kappa shape index (κ2) is 9.16. The summed E-state index contributed by atoms with van der Waals surface area (Å²) in [5, 5.41) is 7.70. The lowest BCUT2D eigenvalue weighted by Gasteiger charge is -2.11. The summed E-state index contributed by atoms with van der Waals surface area (Å²) < 4.78 is 7.34. The van der Waals surface area contributed by atoms with Crippen molar-refractivity contribution in [2.24, 2.45) is 5.92 Å². The lowest BCUT2D eigenvalue weighted by atomic mass is 9.99. The van der Waals surface area contributed by atoms with Gasteiger partial charge in [-0.25, -0.2) is 0 Å². The van der Waals surface area contributed by atoms with E-state index in [0.29, 0.717) is 11.6 Å². The smallest absolute Gasteiger partial charge is 0.309 e. The van der Waals surface area contributed by atoms with Crippen LogP contribution in [0.4, 0.5) is 5.69 Å². The molecule has 162 valence electrons. The van der Waals surface area contributed by atoms with Crippen LogP contribution in [-0.4, -0.2) is 21.7 Å². The standard InChI is InChI=1S/C25H29N3O3/c1-15(2)23-22(19-9-11-20(12-10-19)26-24(30)16(3)4)25(31-18(6)29)28(27-23)21-13-7-17(5)8-14-21/h7-16H,1-6H3,(H,26,30). The number of benzene rings is 2. The number of ether oxygens (including phenoxy) is 1. The van der Waals surface area contributed by atoms with E-state index in [1.165, 1.54) is 6.92 Å². The Labute approximate surface area is 183 Å². The van der Waals surface area contributed by atoms with Crippen molar-refractivity contribution in [3.8, 4) is 22.7 Å². The minimum Gasteiger partial charge on any atom is -0.407 e. The lowest BCUT2D eigenvalue weighted by molar-refractivity contribution is -0.132. The first-order chi connectivity index (χ1) is 14.7. The van der Waals surface area contributed by atoms with Gasteiger partial charge in [-0.3, -0.25) is 9.59 Å². The van der Waals surface area contributed by atoms with Crippen LogP contribution in [-0.2, 0) is 9.59 Å². The number of esters is 1. The van der Waals surface area contributed by atoms with Crippen LogP contribution in [0.3, 0.4) is 0 Å². The van der Waals surface area contributed by atoms with Crippen molar-refractivity contribution in [2.45, 2.75) is 47.5 Å². The van der Waals surface area contributed by atoms with Crippen molar-refractivity contribution < 1.29 is 14.3 Å². The van der Waals surface area contributed by atoms with Gasteiger partial charge in [0.2, 0.25) is 11.8 Å². The monoisotopic (exact) mass is 419 g/mol. The van der Waals surface area contributed by atoms with E-state index >= 15 is 0 Å². The molecular formula is C25H29N3O3. The maximum atomic E-state index is 12.0. The Morgan fingerprint density at radius 3 is 2.10 bits per heavy atom. The lowest BCUT2D eigenvalue weighted by Crippen LogP contribution is -2.17. The molecule has 0 spiro atoms. The molecule has 1 amide bonds. The van der Waals surface area contributed by atoms with Crippen molar-refractivity contribution in [3.63, 3.8) is 0 Å². The summed E-state index contributed by atoms with van der Waals surface area (Å²) in [4.78, 5) is 23.9. The number of aromatic nitrogens is 2. The Morgan fingerprint density at radius 2 is 1.58 bits per heavy atom. The fourth-order valence-corrected chi connectivity index (χ4v) is 3.19. The zero-order chi connectivity index (χ0) is 22.7. The van der Waals surface area contributed by atoms with Crippen molar-refractivity contribution in [2.75, 3.05) is 5.32 Å². The molecule has 0 atom stereocenters. The molecule has 0 unspecified atom stereocenters. The summed E-state index contributed by atoms with van der Waals surface area (Å²) in [5.41, 5.74) is 5.13. The predicted octanol–water partition coefficient (Wildman–Crippen LogP) is 5.49. The minimum atomic E-state index is -0.411. The Balaban J connectivity index is 2.12. The number of nitrogens with one attached hydrogen (secondary N) is 1. The number of hydrogen-bond donors (Lipinski definition) is 1. The van der Waals surface area contributed by atoms with E-state index in [4.69, 9.17) is 9.84 Å². The zero-order valence-electron chi connectivity index (χ0n) is 18.9. The third-order valence-corrected chi connectivity index (χ3v) is 4.90. The highest BCUT2D eigenvalue weighted by atomic mass is 16.5. The highest BCUT2D eigenvalue weighted by Gasteiger charge is 2.25. The van der Waals surface area contributed by atoms with E-state index in [9.17, 15) is 9.59 Å². The number of hydrogen-bond acceptors (Lipinski definition) is 4. The van der Waals surface area contributed by atoms with E-state index in [1.54, 1.807) is 4.68 Å². The molecule has 0 saturated heterocycles. The summed E-state index contributed by atoms with van der Waals surface area (Å²) in [6.45, 7) is 11.2. The molecule has 0 saturated carbocycles. The molecule has 1 N–H and O–H groups in total. The van der Waals surface area contributed by atoms with Crippen LogP contribution in [0.15, 0.2) is 48.5 Å². The first-order valence-electron chi connectivity index (χ1n) is 10.5. The van der Waals surface area contributed by atoms with Crippen LogP contribution in [0.2, 0.25) is 0 Å². The van der Waals surface area contributed by atoms with Gasteiger partial charge in [0.05, 0.1) is 16.9 Å². The van der Waals surface area contributed by atoms with Gasteiger partial charge in [-0.2, -0.15) is 9.78 Å². The topological polar surface area (TPSA) is 73.2 Å². The largest absolute Gasteiger partial charge is 0.407 e. The maximum Gasteiger partial charge on any atom is 0.309 e. The Morgan fingerprint density at radius 1 is 0.968 bits per heavy atom. The van der Waals surface area contributed by atoms with Crippen molar-refractivity contribution in [3.05, 3.63) is 59.8 Å². The SMILES string of the molecule is CC(=O)Oc1c(-c2ccc(NC(=O)C(C)C)cc2)c(C(C)C)nn1-c1ccc(C)cc1. The van der Waals surface area contributed by atoms with Gasteiger partial charge >= 0.3 is 5.97 Å². The molecule has 1 heterocycles. The average molecular weight is 420 g/mol. The summed E-state index contributed by atoms with van der Waals surface area (Å²) in [5.74, 6) is -0.0556. The second-order valence-electron chi connectivity index (χ2n) is 8.28. The molecule has 6 heteroatoms. The van der Waals surface area contributed by atoms with Gasteiger partial charge in [-0.15, -0.1) is 0 Å². The molecule has 3 aromatic rings. The van der Waals surface area contributed by atoms with Gasteiger partial charge < -0.3 is 10.1 Å².